The first-order chi connectivity index (χ1) is 25.8. The van der Waals surface area contributed by atoms with Gasteiger partial charge in [0.05, 0.1) is 5.69 Å². The smallest absolute Gasteiger partial charge is 0.136 e. The van der Waals surface area contributed by atoms with Crippen LogP contribution in [0.5, 0.6) is 0 Å². The van der Waals surface area contributed by atoms with Gasteiger partial charge in [0.1, 0.15) is 11.2 Å². The molecule has 10 rings (SSSR count). The lowest BCUT2D eigenvalue weighted by Crippen LogP contribution is -2.11. The summed E-state index contributed by atoms with van der Waals surface area (Å²) in [5, 5.41) is 7.11. The summed E-state index contributed by atoms with van der Waals surface area (Å²) in [5.74, 6) is 0. The van der Waals surface area contributed by atoms with Crippen LogP contribution in [0.2, 0.25) is 0 Å². The molecule has 244 valence electrons. The van der Waals surface area contributed by atoms with E-state index >= 15 is 0 Å². The van der Waals surface area contributed by atoms with Gasteiger partial charge >= 0.3 is 0 Å². The van der Waals surface area contributed by atoms with E-state index in [0.717, 1.165) is 50.0 Å². The van der Waals surface area contributed by atoms with Gasteiger partial charge in [-0.05, 0) is 97.9 Å². The number of benzene rings is 9. The van der Waals surface area contributed by atoms with Crippen molar-refractivity contribution in [3.8, 4) is 33.4 Å². The maximum absolute atomic E-state index is 6.28. The van der Waals surface area contributed by atoms with E-state index in [9.17, 15) is 0 Å². The van der Waals surface area contributed by atoms with Gasteiger partial charge in [-0.2, -0.15) is 0 Å². The Morgan fingerprint density at radius 2 is 0.885 bits per heavy atom. The van der Waals surface area contributed by atoms with Crippen LogP contribution in [0, 0.1) is 0 Å². The minimum Gasteiger partial charge on any atom is -0.456 e. The SMILES string of the molecule is c1ccc(-c2ccc(N(c3ccc(-c4cccc5ccccc45)cc3)c3ccccc3-c3cccc4cc5oc6ccccc6c5cc34)cc2)cc1. The predicted molar refractivity (Wildman–Crippen MR) is 220 cm³/mol. The van der Waals surface area contributed by atoms with Crippen molar-refractivity contribution in [3.05, 3.63) is 200 Å². The number of nitrogens with zero attached hydrogens (tertiary/aromatic N) is 1. The van der Waals surface area contributed by atoms with Crippen molar-refractivity contribution in [1.29, 1.82) is 0 Å². The zero-order chi connectivity index (χ0) is 34.4. The van der Waals surface area contributed by atoms with E-state index in [2.05, 4.69) is 193 Å². The second-order valence-electron chi connectivity index (χ2n) is 13.3. The van der Waals surface area contributed by atoms with Crippen LogP contribution in [-0.4, -0.2) is 0 Å². The molecule has 0 saturated heterocycles. The van der Waals surface area contributed by atoms with Crippen LogP contribution in [-0.2, 0) is 0 Å². The Morgan fingerprint density at radius 3 is 1.69 bits per heavy atom. The molecule has 2 nitrogen and oxygen atoms in total. The van der Waals surface area contributed by atoms with E-state index in [-0.39, 0.29) is 0 Å². The van der Waals surface area contributed by atoms with E-state index in [1.165, 1.54) is 44.0 Å². The highest BCUT2D eigenvalue weighted by molar-refractivity contribution is 6.13. The fourth-order valence-electron chi connectivity index (χ4n) is 7.76. The minimum atomic E-state index is 0.908. The van der Waals surface area contributed by atoms with Crippen LogP contribution in [0.4, 0.5) is 17.1 Å². The summed E-state index contributed by atoms with van der Waals surface area (Å²) in [4.78, 5) is 2.39. The van der Waals surface area contributed by atoms with Crippen molar-refractivity contribution in [1.82, 2.24) is 0 Å². The van der Waals surface area contributed by atoms with Gasteiger partial charge in [0.25, 0.3) is 0 Å². The highest BCUT2D eigenvalue weighted by Gasteiger charge is 2.20. The summed E-state index contributed by atoms with van der Waals surface area (Å²) in [6.07, 6.45) is 0. The molecule has 10 aromatic rings. The number of hydrogen-bond donors (Lipinski definition) is 0. The molecule has 0 bridgehead atoms. The molecule has 0 fully saturated rings. The monoisotopic (exact) mass is 663 g/mol. The largest absolute Gasteiger partial charge is 0.456 e. The van der Waals surface area contributed by atoms with Crippen LogP contribution in [0.25, 0.3) is 76.9 Å². The topological polar surface area (TPSA) is 16.4 Å². The van der Waals surface area contributed by atoms with Gasteiger partial charge in [-0.3, -0.25) is 0 Å². The lowest BCUT2D eigenvalue weighted by molar-refractivity contribution is 0.669. The summed E-state index contributed by atoms with van der Waals surface area (Å²) < 4.78 is 6.28. The van der Waals surface area contributed by atoms with E-state index in [0.29, 0.717) is 0 Å². The van der Waals surface area contributed by atoms with Crippen LogP contribution in [0.15, 0.2) is 205 Å². The van der Waals surface area contributed by atoms with E-state index in [1.807, 2.05) is 12.1 Å². The zero-order valence-electron chi connectivity index (χ0n) is 28.4. The van der Waals surface area contributed by atoms with E-state index in [1.54, 1.807) is 0 Å². The average molecular weight is 664 g/mol. The predicted octanol–water partition coefficient (Wildman–Crippen LogP) is 14.4. The molecule has 0 saturated carbocycles. The standard InChI is InChI=1S/C50H33NO/c1-2-12-34(13-3-1)35-24-28-39(29-25-35)51(40-30-26-37(27-31-40)42-20-10-15-36-14-4-5-17-41(36)42)48-22-8-6-18-44(48)43-21-11-16-38-32-50-47(33-46(38)43)45-19-7-9-23-49(45)52-50/h1-33H. The molecule has 9 aromatic carbocycles. The molecule has 0 N–H and O–H groups in total. The maximum Gasteiger partial charge on any atom is 0.136 e. The summed E-state index contributed by atoms with van der Waals surface area (Å²) in [5.41, 5.74) is 12.3. The first-order valence-electron chi connectivity index (χ1n) is 17.8. The molecule has 0 radical (unpaired) electrons. The van der Waals surface area contributed by atoms with Crippen molar-refractivity contribution in [3.63, 3.8) is 0 Å². The van der Waals surface area contributed by atoms with Gasteiger partial charge in [-0.15, -0.1) is 0 Å². The summed E-state index contributed by atoms with van der Waals surface area (Å²) in [7, 11) is 0. The highest BCUT2D eigenvalue weighted by atomic mass is 16.3. The Bertz CT molecular complexity index is 2880. The Balaban J connectivity index is 1.15. The van der Waals surface area contributed by atoms with Gasteiger partial charge < -0.3 is 9.32 Å². The molecule has 0 atom stereocenters. The minimum absolute atomic E-state index is 0.908. The number of rotatable bonds is 6. The lowest BCUT2D eigenvalue weighted by atomic mass is 9.94. The molecule has 0 amide bonds. The van der Waals surface area contributed by atoms with Gasteiger partial charge in [-0.1, -0.05) is 152 Å². The second-order valence-corrected chi connectivity index (χ2v) is 13.3. The van der Waals surface area contributed by atoms with Gasteiger partial charge in [-0.25, -0.2) is 0 Å². The second kappa shape index (κ2) is 12.5. The Kier molecular flexibility index (Phi) is 7.18. The van der Waals surface area contributed by atoms with Crippen LogP contribution < -0.4 is 4.90 Å². The van der Waals surface area contributed by atoms with Crippen molar-refractivity contribution < 1.29 is 4.42 Å². The van der Waals surface area contributed by atoms with Gasteiger partial charge in [0.2, 0.25) is 0 Å². The number of para-hydroxylation sites is 2. The Hall–Kier alpha value is -6.90. The molecule has 0 aliphatic rings. The zero-order valence-corrected chi connectivity index (χ0v) is 28.4. The van der Waals surface area contributed by atoms with Crippen molar-refractivity contribution in [2.24, 2.45) is 0 Å². The van der Waals surface area contributed by atoms with Gasteiger partial charge in [0.15, 0.2) is 0 Å². The number of anilines is 3. The van der Waals surface area contributed by atoms with E-state index in [4.69, 9.17) is 4.42 Å². The van der Waals surface area contributed by atoms with Gasteiger partial charge in [0, 0.05) is 27.7 Å². The third-order valence-corrected chi connectivity index (χ3v) is 10.3. The summed E-state index contributed by atoms with van der Waals surface area (Å²) in [6.45, 7) is 0. The molecule has 1 heterocycles. The number of fused-ring (bicyclic) bond motifs is 5. The van der Waals surface area contributed by atoms with Crippen molar-refractivity contribution in [2.45, 2.75) is 0 Å². The van der Waals surface area contributed by atoms with Crippen LogP contribution in [0.1, 0.15) is 0 Å². The fraction of sp³-hybridized carbons (Fsp3) is 0. The maximum atomic E-state index is 6.28. The highest BCUT2D eigenvalue weighted by Crippen LogP contribution is 2.44. The molecule has 2 heteroatoms. The molecule has 0 spiro atoms. The van der Waals surface area contributed by atoms with Crippen molar-refractivity contribution >= 4 is 60.5 Å². The lowest BCUT2D eigenvalue weighted by Gasteiger charge is -2.28. The molecular formula is C50H33NO. The number of furan rings is 1. The average Bonchev–Trinajstić information content (AvgIpc) is 3.58. The molecule has 0 aliphatic heterocycles. The molecule has 0 aliphatic carbocycles. The quantitative estimate of drug-likeness (QED) is 0.176. The first kappa shape index (κ1) is 30.0. The summed E-state index contributed by atoms with van der Waals surface area (Å²) >= 11 is 0. The molecule has 52 heavy (non-hydrogen) atoms. The molecule has 1 aromatic heterocycles. The normalized spacial score (nSPS) is 11.5. The fourth-order valence-corrected chi connectivity index (χ4v) is 7.76. The Morgan fingerprint density at radius 1 is 0.308 bits per heavy atom. The number of hydrogen-bond acceptors (Lipinski definition) is 2. The van der Waals surface area contributed by atoms with E-state index < -0.39 is 0 Å². The van der Waals surface area contributed by atoms with Crippen molar-refractivity contribution in [2.75, 3.05) is 4.90 Å². The van der Waals surface area contributed by atoms with Crippen LogP contribution >= 0.6 is 0 Å². The third-order valence-electron chi connectivity index (χ3n) is 10.3. The Labute approximate surface area is 302 Å². The first-order valence-corrected chi connectivity index (χ1v) is 17.8. The van der Waals surface area contributed by atoms with Crippen LogP contribution in [0.3, 0.4) is 0 Å². The molecule has 0 unspecified atom stereocenters. The third kappa shape index (κ3) is 5.12. The summed E-state index contributed by atoms with van der Waals surface area (Å²) in [6, 6.07) is 71.8. The molecular weight excluding hydrogens is 631 g/mol.